The molecular formula is C50H34N6. The number of benzene rings is 6. The smallest absolute Gasteiger partial charge is 0.164 e. The van der Waals surface area contributed by atoms with Crippen LogP contribution in [0, 0.1) is 6.92 Å². The SMILES string of the molecule is Cc1cccc(-c2ccc(-c3cc(-c4ccc5c(c4)c4ccccc4n5-c4ccccn4)cc(-c4nc(-c5ccccc5)nc(-c5ccccc5)n4)c3)cc2)n1. The molecule has 0 aliphatic rings. The average Bonchev–Trinajstić information content (AvgIpc) is 3.61. The highest BCUT2D eigenvalue weighted by Crippen LogP contribution is 2.38. The third kappa shape index (κ3) is 6.19. The first-order valence-corrected chi connectivity index (χ1v) is 18.7. The maximum atomic E-state index is 5.12. The molecule has 0 saturated heterocycles. The summed E-state index contributed by atoms with van der Waals surface area (Å²) in [6, 6.07) is 62.9. The van der Waals surface area contributed by atoms with Gasteiger partial charge in [0.05, 0.1) is 16.7 Å². The molecule has 0 N–H and O–H groups in total. The molecule has 6 aromatic carbocycles. The minimum absolute atomic E-state index is 0.606. The molecule has 6 nitrogen and oxygen atoms in total. The van der Waals surface area contributed by atoms with Gasteiger partial charge >= 0.3 is 0 Å². The van der Waals surface area contributed by atoms with Gasteiger partial charge in [0.1, 0.15) is 5.82 Å². The molecule has 0 aliphatic heterocycles. The molecule has 10 aromatic rings. The van der Waals surface area contributed by atoms with Crippen molar-refractivity contribution in [2.45, 2.75) is 6.92 Å². The molecule has 4 heterocycles. The van der Waals surface area contributed by atoms with E-state index in [4.69, 9.17) is 24.9 Å². The summed E-state index contributed by atoms with van der Waals surface area (Å²) in [6.07, 6.45) is 1.84. The Kier molecular flexibility index (Phi) is 8.26. The Hall–Kier alpha value is -7.57. The minimum atomic E-state index is 0.606. The van der Waals surface area contributed by atoms with Crippen LogP contribution in [0.15, 0.2) is 188 Å². The van der Waals surface area contributed by atoms with Crippen LogP contribution in [-0.4, -0.2) is 29.5 Å². The van der Waals surface area contributed by atoms with Crippen LogP contribution in [0.1, 0.15) is 5.69 Å². The molecule has 264 valence electrons. The molecular weight excluding hydrogens is 685 g/mol. The average molecular weight is 719 g/mol. The largest absolute Gasteiger partial charge is 0.294 e. The fourth-order valence-corrected chi connectivity index (χ4v) is 7.45. The van der Waals surface area contributed by atoms with E-state index in [-0.39, 0.29) is 0 Å². The Labute approximate surface area is 324 Å². The van der Waals surface area contributed by atoms with Crippen LogP contribution in [0.3, 0.4) is 0 Å². The van der Waals surface area contributed by atoms with Crippen molar-refractivity contribution in [3.8, 4) is 73.5 Å². The van der Waals surface area contributed by atoms with Crippen LogP contribution in [0.25, 0.3) is 95.3 Å². The second-order valence-corrected chi connectivity index (χ2v) is 13.9. The predicted octanol–water partition coefficient (Wildman–Crippen LogP) is 12.1. The van der Waals surface area contributed by atoms with E-state index in [2.05, 4.69) is 102 Å². The summed E-state index contributed by atoms with van der Waals surface area (Å²) in [7, 11) is 0. The standard InChI is InChI=1S/C50H34N6/c1-33-13-12-19-44(52-33)35-24-22-34(23-25-35)39-29-40(38-26-27-46-43(32-38)42-18-8-9-20-45(42)56(46)47-21-10-11-28-51-47)31-41(30-39)50-54-48(36-14-4-2-5-15-36)53-49(55-50)37-16-6-3-7-17-37/h2-32H,1H3. The minimum Gasteiger partial charge on any atom is -0.294 e. The highest BCUT2D eigenvalue weighted by molar-refractivity contribution is 6.10. The lowest BCUT2D eigenvalue weighted by Gasteiger charge is -2.13. The van der Waals surface area contributed by atoms with E-state index in [1.165, 1.54) is 5.39 Å². The molecule has 0 fully saturated rings. The lowest BCUT2D eigenvalue weighted by atomic mass is 9.94. The lowest BCUT2D eigenvalue weighted by molar-refractivity contribution is 1.07. The van der Waals surface area contributed by atoms with E-state index in [1.807, 2.05) is 98.0 Å². The zero-order chi connectivity index (χ0) is 37.4. The van der Waals surface area contributed by atoms with Gasteiger partial charge in [-0.2, -0.15) is 0 Å². The van der Waals surface area contributed by atoms with E-state index >= 15 is 0 Å². The number of hydrogen-bond acceptors (Lipinski definition) is 5. The number of para-hydroxylation sites is 1. The predicted molar refractivity (Wildman–Crippen MR) is 227 cm³/mol. The Morgan fingerprint density at radius 1 is 0.357 bits per heavy atom. The zero-order valence-electron chi connectivity index (χ0n) is 30.6. The molecule has 0 amide bonds. The highest BCUT2D eigenvalue weighted by atomic mass is 15.1. The summed E-state index contributed by atoms with van der Waals surface area (Å²) in [6.45, 7) is 2.02. The second kappa shape index (κ2) is 14.0. The number of pyridine rings is 2. The maximum Gasteiger partial charge on any atom is 0.164 e. The van der Waals surface area contributed by atoms with E-state index in [0.717, 1.165) is 78.1 Å². The molecule has 0 aliphatic carbocycles. The number of fused-ring (bicyclic) bond motifs is 3. The van der Waals surface area contributed by atoms with E-state index < -0.39 is 0 Å². The molecule has 56 heavy (non-hydrogen) atoms. The third-order valence-electron chi connectivity index (χ3n) is 10.2. The van der Waals surface area contributed by atoms with Gasteiger partial charge in [0, 0.05) is 44.9 Å². The van der Waals surface area contributed by atoms with Gasteiger partial charge in [-0.1, -0.05) is 121 Å². The summed E-state index contributed by atoms with van der Waals surface area (Å²) in [4.78, 5) is 24.7. The third-order valence-corrected chi connectivity index (χ3v) is 10.2. The van der Waals surface area contributed by atoms with Crippen LogP contribution < -0.4 is 0 Å². The number of nitrogens with zero attached hydrogens (tertiary/aromatic N) is 6. The Bertz CT molecular complexity index is 2950. The fraction of sp³-hybridized carbons (Fsp3) is 0.0200. The maximum absolute atomic E-state index is 5.12. The van der Waals surface area contributed by atoms with Crippen molar-refractivity contribution in [2.75, 3.05) is 0 Å². The lowest BCUT2D eigenvalue weighted by Crippen LogP contribution is -2.00. The van der Waals surface area contributed by atoms with Crippen molar-refractivity contribution in [1.29, 1.82) is 0 Å². The van der Waals surface area contributed by atoms with Crippen LogP contribution in [0.2, 0.25) is 0 Å². The Morgan fingerprint density at radius 2 is 0.929 bits per heavy atom. The summed E-state index contributed by atoms with van der Waals surface area (Å²) < 4.78 is 2.24. The van der Waals surface area contributed by atoms with Crippen molar-refractivity contribution in [2.24, 2.45) is 0 Å². The first kappa shape index (κ1) is 33.0. The Morgan fingerprint density at radius 3 is 1.61 bits per heavy atom. The van der Waals surface area contributed by atoms with Crippen LogP contribution in [0.5, 0.6) is 0 Å². The van der Waals surface area contributed by atoms with Crippen LogP contribution >= 0.6 is 0 Å². The molecule has 6 heteroatoms. The van der Waals surface area contributed by atoms with Gasteiger partial charge in [0.2, 0.25) is 0 Å². The normalized spacial score (nSPS) is 11.3. The van der Waals surface area contributed by atoms with Crippen molar-refractivity contribution >= 4 is 21.8 Å². The molecule has 0 radical (unpaired) electrons. The van der Waals surface area contributed by atoms with Gasteiger partial charge in [0.25, 0.3) is 0 Å². The number of hydrogen-bond donors (Lipinski definition) is 0. The van der Waals surface area contributed by atoms with Gasteiger partial charge in [-0.25, -0.2) is 19.9 Å². The van der Waals surface area contributed by atoms with Gasteiger partial charge < -0.3 is 0 Å². The van der Waals surface area contributed by atoms with E-state index in [1.54, 1.807) is 0 Å². The molecule has 0 bridgehead atoms. The molecule has 0 spiro atoms. The van der Waals surface area contributed by atoms with Gasteiger partial charge in [-0.05, 0) is 89.8 Å². The van der Waals surface area contributed by atoms with Crippen molar-refractivity contribution < 1.29 is 0 Å². The summed E-state index contributed by atoms with van der Waals surface area (Å²) in [5, 5.41) is 2.33. The summed E-state index contributed by atoms with van der Waals surface area (Å²) >= 11 is 0. The first-order valence-electron chi connectivity index (χ1n) is 18.7. The van der Waals surface area contributed by atoms with E-state index in [9.17, 15) is 0 Å². The number of rotatable bonds is 7. The summed E-state index contributed by atoms with van der Waals surface area (Å²) in [5.41, 5.74) is 12.3. The van der Waals surface area contributed by atoms with Crippen molar-refractivity contribution in [1.82, 2.24) is 29.5 Å². The second-order valence-electron chi connectivity index (χ2n) is 13.9. The molecule has 10 rings (SSSR count). The highest BCUT2D eigenvalue weighted by Gasteiger charge is 2.17. The van der Waals surface area contributed by atoms with Gasteiger partial charge in [-0.15, -0.1) is 0 Å². The molecule has 0 unspecified atom stereocenters. The number of aromatic nitrogens is 6. The fourth-order valence-electron chi connectivity index (χ4n) is 7.45. The topological polar surface area (TPSA) is 69.4 Å². The molecule has 0 saturated carbocycles. The molecule has 0 atom stereocenters. The Balaban J connectivity index is 1.17. The van der Waals surface area contributed by atoms with Crippen LogP contribution in [0.4, 0.5) is 0 Å². The van der Waals surface area contributed by atoms with E-state index in [0.29, 0.717) is 17.5 Å². The van der Waals surface area contributed by atoms with Gasteiger partial charge in [0.15, 0.2) is 17.5 Å². The zero-order valence-corrected chi connectivity index (χ0v) is 30.6. The monoisotopic (exact) mass is 718 g/mol. The quantitative estimate of drug-likeness (QED) is 0.164. The molecule has 4 aromatic heterocycles. The summed E-state index contributed by atoms with van der Waals surface area (Å²) in [5.74, 6) is 2.74. The van der Waals surface area contributed by atoms with Gasteiger partial charge in [-0.3, -0.25) is 9.55 Å². The number of aryl methyl sites for hydroxylation is 1. The first-order chi connectivity index (χ1) is 27.6. The van der Waals surface area contributed by atoms with Crippen LogP contribution in [-0.2, 0) is 0 Å². The van der Waals surface area contributed by atoms with Crippen molar-refractivity contribution in [3.05, 3.63) is 194 Å². The van der Waals surface area contributed by atoms with Crippen molar-refractivity contribution in [3.63, 3.8) is 0 Å².